The first kappa shape index (κ1) is 34.7. The third-order valence-corrected chi connectivity index (χ3v) is 10.3. The molecule has 0 aliphatic heterocycles. The maximum absolute atomic E-state index is 3.45. The predicted octanol–water partition coefficient (Wildman–Crippen LogP) is 12.7. The van der Waals surface area contributed by atoms with Crippen LogP contribution in [0.5, 0.6) is 0 Å². The van der Waals surface area contributed by atoms with Crippen LogP contribution in [0.25, 0.3) is 21.5 Å². The van der Waals surface area contributed by atoms with E-state index in [2.05, 4.69) is 166 Å². The maximum Gasteiger partial charge on any atom is -0.0142 e. The fourth-order valence-corrected chi connectivity index (χ4v) is 7.02. The maximum atomic E-state index is 3.45. The van der Waals surface area contributed by atoms with Crippen LogP contribution in [0.3, 0.4) is 0 Å². The van der Waals surface area contributed by atoms with E-state index in [4.69, 9.17) is 0 Å². The standard InChI is InChI=1S/C23H29.C13H8Br2.C5H5.Zr/c1-14-9-16-11-17-10-15(2)21(23(6,7)8)13-19(17)18(16)12-20(14)22(3,4)5;14-12-5-1-10(2-6-12)9-11-3-7-13(15)8-4-11;1-2-4-5-3-1;/h9-13H,1-8H3;1-8H;1-5H;/q-1;;-1;+2. The Balaban J connectivity index is 0.000000181. The molecule has 0 bridgehead atoms. The number of aryl methyl sites for hydroxylation is 2. The summed E-state index contributed by atoms with van der Waals surface area (Å²) in [5.41, 5.74) is 8.65. The van der Waals surface area contributed by atoms with Gasteiger partial charge in [-0.15, -0.1) is 39.7 Å². The topological polar surface area (TPSA) is 0 Å². The summed E-state index contributed by atoms with van der Waals surface area (Å²) in [6, 6.07) is 38.8. The van der Waals surface area contributed by atoms with Crippen LogP contribution in [-0.4, -0.2) is 3.21 Å². The molecule has 0 saturated carbocycles. The predicted molar refractivity (Wildman–Crippen MR) is 197 cm³/mol. The summed E-state index contributed by atoms with van der Waals surface area (Å²) in [6.45, 7) is 18.3. The first-order chi connectivity index (χ1) is 20.6. The molecule has 0 aromatic heterocycles. The molecule has 0 atom stereocenters. The SMILES string of the molecule is Brc1ccc([C](=[Zr+2])c2ccc(Br)cc2)cc1.Cc1cc2[cH-]c3cc(C)c(C(C)(C)C)cc3c2cc1C(C)(C)C.c1cc[cH-]c1. The van der Waals surface area contributed by atoms with Crippen molar-refractivity contribution in [3.8, 4) is 0 Å². The third-order valence-electron chi connectivity index (χ3n) is 7.83. The van der Waals surface area contributed by atoms with Crippen molar-refractivity contribution in [2.24, 2.45) is 0 Å². The van der Waals surface area contributed by atoms with E-state index in [1.807, 2.05) is 30.3 Å². The van der Waals surface area contributed by atoms with Gasteiger partial charge < -0.3 is 0 Å². The minimum atomic E-state index is 0.180. The minimum absolute atomic E-state index is 0.180. The van der Waals surface area contributed by atoms with Gasteiger partial charge in [-0.2, -0.15) is 18.2 Å². The summed E-state index contributed by atoms with van der Waals surface area (Å²) in [5.74, 6) is 0. The normalized spacial score (nSPS) is 11.5. The molecular formula is C41H42Br2Zr. The molecule has 0 radical (unpaired) electrons. The molecule has 0 saturated heterocycles. The van der Waals surface area contributed by atoms with Crippen LogP contribution in [0.2, 0.25) is 0 Å². The van der Waals surface area contributed by atoms with Gasteiger partial charge in [-0.05, 0) is 24.7 Å². The van der Waals surface area contributed by atoms with Crippen LogP contribution in [0.4, 0.5) is 0 Å². The van der Waals surface area contributed by atoms with E-state index in [1.54, 1.807) is 0 Å². The molecule has 0 aliphatic carbocycles. The molecule has 44 heavy (non-hydrogen) atoms. The Kier molecular flexibility index (Phi) is 11.4. The van der Waals surface area contributed by atoms with Gasteiger partial charge in [-0.25, -0.2) is 12.1 Å². The Morgan fingerprint density at radius 2 is 0.955 bits per heavy atom. The van der Waals surface area contributed by atoms with Crippen molar-refractivity contribution in [1.29, 1.82) is 0 Å². The van der Waals surface area contributed by atoms with E-state index in [-0.39, 0.29) is 10.8 Å². The van der Waals surface area contributed by atoms with Gasteiger partial charge in [0.2, 0.25) is 0 Å². The second-order valence-electron chi connectivity index (χ2n) is 13.5. The van der Waals surface area contributed by atoms with Crippen LogP contribution in [0, 0.1) is 13.8 Å². The van der Waals surface area contributed by atoms with Gasteiger partial charge in [0.1, 0.15) is 0 Å². The molecule has 0 spiro atoms. The van der Waals surface area contributed by atoms with Crippen LogP contribution in [-0.2, 0) is 35.1 Å². The number of benzene rings is 4. The zero-order valence-corrected chi connectivity index (χ0v) is 32.8. The first-order valence-corrected chi connectivity index (χ1v) is 17.9. The average Bonchev–Trinajstić information content (AvgIpc) is 3.63. The van der Waals surface area contributed by atoms with E-state index in [0.717, 1.165) is 8.95 Å². The summed E-state index contributed by atoms with van der Waals surface area (Å²) in [4.78, 5) is 0. The molecule has 224 valence electrons. The Hall–Kier alpha value is -2.19. The van der Waals surface area contributed by atoms with Gasteiger partial charge in [0.05, 0.1) is 0 Å². The van der Waals surface area contributed by atoms with Crippen LogP contribution in [0.1, 0.15) is 74.9 Å². The number of hydrogen-bond donors (Lipinski definition) is 0. The van der Waals surface area contributed by atoms with Crippen LogP contribution in [0.15, 0.2) is 118 Å². The van der Waals surface area contributed by atoms with Gasteiger partial charge in [0, 0.05) is 0 Å². The smallest absolute Gasteiger partial charge is 0.0142 e. The molecule has 0 amide bonds. The fourth-order valence-electron chi connectivity index (χ4n) is 5.67. The van der Waals surface area contributed by atoms with Crippen molar-refractivity contribution in [1.82, 2.24) is 0 Å². The average molecular weight is 786 g/mol. The van der Waals surface area contributed by atoms with E-state index < -0.39 is 0 Å². The zero-order valence-electron chi connectivity index (χ0n) is 27.1. The van der Waals surface area contributed by atoms with E-state index in [0.29, 0.717) is 0 Å². The van der Waals surface area contributed by atoms with Crippen LogP contribution < -0.4 is 0 Å². The van der Waals surface area contributed by atoms with Crippen molar-refractivity contribution in [3.05, 3.63) is 152 Å². The number of halogens is 2. The van der Waals surface area contributed by atoms with Gasteiger partial charge in [-0.3, -0.25) is 0 Å². The molecule has 0 heterocycles. The summed E-state index contributed by atoms with van der Waals surface area (Å²) in [5, 5.41) is 5.55. The Bertz CT molecular complexity index is 1700. The third kappa shape index (κ3) is 8.75. The van der Waals surface area contributed by atoms with Gasteiger partial charge in [-0.1, -0.05) is 75.9 Å². The Labute approximate surface area is 296 Å². The quantitative estimate of drug-likeness (QED) is 0.153. The van der Waals surface area contributed by atoms with Crippen molar-refractivity contribution < 1.29 is 24.2 Å². The number of fused-ring (bicyclic) bond motifs is 3. The summed E-state index contributed by atoms with van der Waals surface area (Å²) >= 11 is 8.34. The zero-order chi connectivity index (χ0) is 32.2. The number of rotatable bonds is 2. The van der Waals surface area contributed by atoms with Gasteiger partial charge in [0.25, 0.3) is 0 Å². The summed E-state index contributed by atoms with van der Waals surface area (Å²) in [6.07, 6.45) is 0. The second kappa shape index (κ2) is 14.5. The monoisotopic (exact) mass is 782 g/mol. The first-order valence-electron chi connectivity index (χ1n) is 15.1. The molecule has 6 aromatic carbocycles. The minimum Gasteiger partial charge on any atom is -0.214 e. The molecule has 0 unspecified atom stereocenters. The van der Waals surface area contributed by atoms with Crippen LogP contribution >= 0.6 is 31.9 Å². The van der Waals surface area contributed by atoms with E-state index in [9.17, 15) is 0 Å². The van der Waals surface area contributed by atoms with Crippen molar-refractivity contribution >= 4 is 56.6 Å². The van der Waals surface area contributed by atoms with Gasteiger partial charge in [0.15, 0.2) is 0 Å². The fraction of sp³-hybridized carbons (Fsp3) is 0.244. The van der Waals surface area contributed by atoms with Crippen molar-refractivity contribution in [2.45, 2.75) is 66.2 Å². The molecule has 0 N–H and O–H groups in total. The Morgan fingerprint density at radius 1 is 0.591 bits per heavy atom. The molecule has 0 nitrogen and oxygen atoms in total. The molecular weight excluding hydrogens is 743 g/mol. The molecule has 6 aromatic rings. The van der Waals surface area contributed by atoms with Gasteiger partial charge >= 0.3 is 128 Å². The molecule has 0 aliphatic rings. The molecule has 0 fully saturated rings. The van der Waals surface area contributed by atoms with Crippen molar-refractivity contribution in [2.75, 3.05) is 0 Å². The second-order valence-corrected chi connectivity index (χ2v) is 16.6. The number of hydrogen-bond acceptors (Lipinski definition) is 0. The van der Waals surface area contributed by atoms with E-state index >= 15 is 0 Å². The largest absolute Gasteiger partial charge is 0.214 e. The Morgan fingerprint density at radius 3 is 1.25 bits per heavy atom. The molecule has 6 rings (SSSR count). The molecule has 3 heteroatoms. The van der Waals surface area contributed by atoms with E-state index in [1.165, 1.54) is 82.4 Å². The summed E-state index contributed by atoms with van der Waals surface area (Å²) in [7, 11) is 0. The summed E-state index contributed by atoms with van der Waals surface area (Å²) < 4.78 is 3.62. The van der Waals surface area contributed by atoms with Crippen molar-refractivity contribution in [3.63, 3.8) is 0 Å².